The van der Waals surface area contributed by atoms with Crippen molar-refractivity contribution in [1.82, 2.24) is 5.32 Å². The van der Waals surface area contributed by atoms with Crippen LogP contribution in [0.3, 0.4) is 0 Å². The molecule has 0 radical (unpaired) electrons. The number of carbonyl (C=O) groups excluding carboxylic acids is 1. The number of hydrogen-bond acceptors (Lipinski definition) is 6. The average molecular weight is 601 g/mol. The molecule has 8 nitrogen and oxygen atoms in total. The second kappa shape index (κ2) is 28.8. The van der Waals surface area contributed by atoms with Crippen LogP contribution in [0.5, 0.6) is 0 Å². The first-order valence-corrected chi connectivity index (χ1v) is 17.6. The highest BCUT2D eigenvalue weighted by Crippen LogP contribution is 2.43. The van der Waals surface area contributed by atoms with Gasteiger partial charge in [0.05, 0.1) is 25.4 Å². The molecule has 5 N–H and O–H groups in total. The number of nitrogens with two attached hydrogens (primary N) is 1. The zero-order valence-corrected chi connectivity index (χ0v) is 26.9. The maximum atomic E-state index is 12.6. The summed E-state index contributed by atoms with van der Waals surface area (Å²) in [6.45, 7) is 4.00. The normalized spacial score (nSPS) is 15.1. The van der Waals surface area contributed by atoms with Gasteiger partial charge < -0.3 is 21.1 Å². The van der Waals surface area contributed by atoms with E-state index in [0.717, 1.165) is 57.8 Å². The van der Waals surface area contributed by atoms with Crippen LogP contribution >= 0.6 is 7.82 Å². The summed E-state index contributed by atoms with van der Waals surface area (Å²) >= 11 is 0. The van der Waals surface area contributed by atoms with E-state index < -0.39 is 20.0 Å². The van der Waals surface area contributed by atoms with Crippen molar-refractivity contribution in [1.29, 1.82) is 0 Å². The van der Waals surface area contributed by atoms with E-state index in [9.17, 15) is 19.4 Å². The van der Waals surface area contributed by atoms with Gasteiger partial charge in [-0.15, -0.1) is 0 Å². The summed E-state index contributed by atoms with van der Waals surface area (Å²) in [4.78, 5) is 22.4. The van der Waals surface area contributed by atoms with Crippen LogP contribution < -0.4 is 11.1 Å². The molecule has 0 bridgehead atoms. The fraction of sp³-hybridized carbons (Fsp3) is 0.781. The van der Waals surface area contributed by atoms with Crippen LogP contribution in [0.1, 0.15) is 129 Å². The molecule has 0 saturated carbocycles. The molecule has 0 aliphatic carbocycles. The molecule has 1 amide bonds. The van der Waals surface area contributed by atoms with Gasteiger partial charge in [-0.2, -0.15) is 0 Å². The monoisotopic (exact) mass is 600 g/mol. The fourth-order valence-electron chi connectivity index (χ4n) is 4.20. The van der Waals surface area contributed by atoms with Gasteiger partial charge in [-0.25, -0.2) is 4.57 Å². The highest BCUT2D eigenvalue weighted by molar-refractivity contribution is 7.47. The summed E-state index contributed by atoms with van der Waals surface area (Å²) < 4.78 is 21.9. The van der Waals surface area contributed by atoms with Crippen molar-refractivity contribution in [3.8, 4) is 0 Å². The fourth-order valence-corrected chi connectivity index (χ4v) is 4.96. The minimum atomic E-state index is -4.33. The third kappa shape index (κ3) is 27.3. The van der Waals surface area contributed by atoms with Crippen LogP contribution in [0, 0.1) is 0 Å². The topological polar surface area (TPSA) is 131 Å². The van der Waals surface area contributed by atoms with E-state index in [2.05, 4.69) is 43.5 Å². The van der Waals surface area contributed by atoms with Crippen LogP contribution in [-0.4, -0.2) is 47.8 Å². The summed E-state index contributed by atoms with van der Waals surface area (Å²) in [6.07, 6.45) is 30.5. The Bertz CT molecular complexity index is 744. The lowest BCUT2D eigenvalue weighted by molar-refractivity contribution is -0.123. The molecule has 0 spiro atoms. The van der Waals surface area contributed by atoms with Gasteiger partial charge in [0.1, 0.15) is 0 Å². The van der Waals surface area contributed by atoms with Crippen molar-refractivity contribution < 1.29 is 28.4 Å². The van der Waals surface area contributed by atoms with Gasteiger partial charge in [0, 0.05) is 13.0 Å². The lowest BCUT2D eigenvalue weighted by Crippen LogP contribution is -2.45. The number of carbonyl (C=O) groups is 1. The van der Waals surface area contributed by atoms with Crippen molar-refractivity contribution >= 4 is 13.7 Å². The standard InChI is InChI=1S/C32H61N2O6P/c1-3-5-7-9-11-13-15-16-18-20-22-24-26-32(36)34-30(29-40-41(37,38)39-28-27-33)31(35)25-23-21-19-17-14-12-10-8-6-4-2/h11,13-14,17,23,25,30-31,35H,3-10,12,15-16,18-22,24,26-29,33H2,1-2H3,(H,34,36)(H,37,38)/b13-11-,17-14+,25-23+. The molecule has 0 aliphatic heterocycles. The number of hydrogen-bond donors (Lipinski definition) is 4. The van der Waals surface area contributed by atoms with Crippen LogP contribution in [0.15, 0.2) is 36.5 Å². The van der Waals surface area contributed by atoms with Gasteiger partial charge in [-0.3, -0.25) is 13.8 Å². The third-order valence-corrected chi connectivity index (χ3v) is 7.67. The smallest absolute Gasteiger partial charge is 0.387 e. The first-order valence-electron chi connectivity index (χ1n) is 16.1. The number of allylic oxidation sites excluding steroid dienone is 5. The molecule has 0 fully saturated rings. The van der Waals surface area contributed by atoms with Crippen LogP contribution in [0.4, 0.5) is 0 Å². The molecule has 41 heavy (non-hydrogen) atoms. The summed E-state index contributed by atoms with van der Waals surface area (Å²) in [5, 5.41) is 13.5. The Kier molecular flexibility index (Phi) is 27.9. The van der Waals surface area contributed by atoms with Gasteiger partial charge in [-0.1, -0.05) is 102 Å². The van der Waals surface area contributed by atoms with Crippen molar-refractivity contribution in [2.75, 3.05) is 19.8 Å². The SMILES string of the molecule is CCCCC/C=C\CCCCCCCC(=O)NC(COP(=O)(O)OCCN)C(O)/C=C/CC/C=C/CCCCCC. The molecule has 0 aromatic rings. The molecule has 0 aliphatic rings. The minimum Gasteiger partial charge on any atom is -0.387 e. The van der Waals surface area contributed by atoms with Crippen molar-refractivity contribution in [2.45, 2.75) is 142 Å². The van der Waals surface area contributed by atoms with Gasteiger partial charge >= 0.3 is 7.82 Å². The number of nitrogens with one attached hydrogen (secondary N) is 1. The predicted octanol–water partition coefficient (Wildman–Crippen LogP) is 7.65. The van der Waals surface area contributed by atoms with Gasteiger partial charge in [-0.05, 0) is 57.8 Å². The number of phosphoric ester groups is 1. The first-order chi connectivity index (χ1) is 19.9. The van der Waals surface area contributed by atoms with E-state index in [1.807, 2.05) is 6.08 Å². The zero-order chi connectivity index (χ0) is 30.4. The van der Waals surface area contributed by atoms with Gasteiger partial charge in [0.2, 0.25) is 5.91 Å². The Morgan fingerprint density at radius 2 is 1.29 bits per heavy atom. The number of unbranched alkanes of at least 4 members (excludes halogenated alkanes) is 13. The van der Waals surface area contributed by atoms with Crippen molar-refractivity contribution in [3.63, 3.8) is 0 Å². The Balaban J connectivity index is 4.50. The summed E-state index contributed by atoms with van der Waals surface area (Å²) in [5.74, 6) is -0.220. The van der Waals surface area contributed by atoms with Gasteiger partial charge in [0.15, 0.2) is 0 Å². The van der Waals surface area contributed by atoms with E-state index in [1.54, 1.807) is 6.08 Å². The Morgan fingerprint density at radius 3 is 1.93 bits per heavy atom. The number of aliphatic hydroxyl groups excluding tert-OH is 1. The molecule has 0 saturated heterocycles. The van der Waals surface area contributed by atoms with Crippen molar-refractivity contribution in [2.24, 2.45) is 5.73 Å². The van der Waals surface area contributed by atoms with Crippen LogP contribution in [-0.2, 0) is 18.4 Å². The lowest BCUT2D eigenvalue weighted by Gasteiger charge is -2.23. The molecular formula is C32H61N2O6P. The van der Waals surface area contributed by atoms with E-state index in [-0.39, 0.29) is 25.7 Å². The number of amides is 1. The maximum Gasteiger partial charge on any atom is 0.472 e. The highest BCUT2D eigenvalue weighted by atomic mass is 31.2. The van der Waals surface area contributed by atoms with Crippen LogP contribution in [0.2, 0.25) is 0 Å². The van der Waals surface area contributed by atoms with Crippen LogP contribution in [0.25, 0.3) is 0 Å². The molecule has 3 unspecified atom stereocenters. The molecule has 9 heteroatoms. The van der Waals surface area contributed by atoms with Gasteiger partial charge in [0.25, 0.3) is 0 Å². The molecule has 0 aromatic heterocycles. The van der Waals surface area contributed by atoms with E-state index >= 15 is 0 Å². The molecule has 240 valence electrons. The minimum absolute atomic E-state index is 0.0718. The Labute approximate surface area is 250 Å². The Hall–Kier alpha value is -1.28. The molecule has 0 rings (SSSR count). The molecule has 0 heterocycles. The highest BCUT2D eigenvalue weighted by Gasteiger charge is 2.26. The maximum absolute atomic E-state index is 12.6. The van der Waals surface area contributed by atoms with E-state index in [0.29, 0.717) is 6.42 Å². The number of phosphoric acid groups is 1. The lowest BCUT2D eigenvalue weighted by atomic mass is 10.1. The molecule has 0 aromatic carbocycles. The summed E-state index contributed by atoms with van der Waals surface area (Å²) in [7, 11) is -4.33. The quantitative estimate of drug-likeness (QED) is 0.0394. The second-order valence-corrected chi connectivity index (χ2v) is 12.1. The number of rotatable bonds is 29. The predicted molar refractivity (Wildman–Crippen MR) is 171 cm³/mol. The second-order valence-electron chi connectivity index (χ2n) is 10.7. The summed E-state index contributed by atoms with van der Waals surface area (Å²) in [5.41, 5.74) is 5.32. The Morgan fingerprint density at radius 1 is 0.780 bits per heavy atom. The molecular weight excluding hydrogens is 539 g/mol. The summed E-state index contributed by atoms with van der Waals surface area (Å²) in [6, 6.07) is -0.876. The number of aliphatic hydroxyl groups is 1. The third-order valence-electron chi connectivity index (χ3n) is 6.69. The zero-order valence-electron chi connectivity index (χ0n) is 26.0. The van der Waals surface area contributed by atoms with E-state index in [4.69, 9.17) is 14.8 Å². The van der Waals surface area contributed by atoms with E-state index in [1.165, 1.54) is 51.4 Å². The average Bonchev–Trinajstić information content (AvgIpc) is 2.95. The first kappa shape index (κ1) is 39.7. The largest absolute Gasteiger partial charge is 0.472 e. The van der Waals surface area contributed by atoms with Crippen molar-refractivity contribution in [3.05, 3.63) is 36.5 Å². The molecule has 3 atom stereocenters.